The van der Waals surface area contributed by atoms with Gasteiger partial charge in [0, 0.05) is 12.3 Å². The summed E-state index contributed by atoms with van der Waals surface area (Å²) in [5, 5.41) is 12.2. The van der Waals surface area contributed by atoms with Crippen molar-refractivity contribution in [1.82, 2.24) is 9.78 Å². The van der Waals surface area contributed by atoms with Gasteiger partial charge in [-0.25, -0.2) is 9.48 Å². The topological polar surface area (TPSA) is 72.2 Å². The molecule has 1 rings (SSSR count). The fraction of sp³-hybridized carbons (Fsp3) is 0.286. The first-order valence-electron chi connectivity index (χ1n) is 3.39. The second kappa shape index (κ2) is 3.17. The molecule has 0 aliphatic rings. The molecular weight excluding hydrogens is 160 g/mol. The monoisotopic (exact) mass is 168 g/mol. The average molecular weight is 168 g/mol. The zero-order valence-electron chi connectivity index (χ0n) is 6.47. The first kappa shape index (κ1) is 8.45. The molecule has 0 aliphatic carbocycles. The molecule has 0 aromatic carbocycles. The van der Waals surface area contributed by atoms with E-state index in [1.54, 1.807) is 0 Å². The molecule has 1 aromatic heterocycles. The number of aliphatic carboxylic acids is 1. The number of rotatable bonds is 2. The van der Waals surface area contributed by atoms with Crippen LogP contribution < -0.4 is 5.56 Å². The Morgan fingerprint density at radius 1 is 1.75 bits per heavy atom. The molecule has 0 radical (unpaired) electrons. The van der Waals surface area contributed by atoms with Gasteiger partial charge < -0.3 is 5.11 Å². The lowest BCUT2D eigenvalue weighted by atomic mass is 10.3. The van der Waals surface area contributed by atoms with Gasteiger partial charge in [-0.15, -0.1) is 0 Å². The van der Waals surface area contributed by atoms with Gasteiger partial charge in [-0.1, -0.05) is 0 Å². The number of hydrogen-bond donors (Lipinski definition) is 1. The Labute approximate surface area is 68.3 Å². The second-order valence-electron chi connectivity index (χ2n) is 2.32. The molecule has 0 aliphatic heterocycles. The molecule has 0 saturated carbocycles. The van der Waals surface area contributed by atoms with Gasteiger partial charge in [0.2, 0.25) is 0 Å². The zero-order chi connectivity index (χ0) is 9.14. The van der Waals surface area contributed by atoms with Crippen molar-refractivity contribution in [2.45, 2.75) is 13.0 Å². The molecular formula is C7H8N2O3. The van der Waals surface area contributed by atoms with E-state index in [0.717, 1.165) is 4.68 Å². The predicted molar refractivity (Wildman–Crippen MR) is 40.8 cm³/mol. The summed E-state index contributed by atoms with van der Waals surface area (Å²) in [6, 6.07) is 1.82. The minimum Gasteiger partial charge on any atom is -0.480 e. The van der Waals surface area contributed by atoms with Gasteiger partial charge in [-0.3, -0.25) is 4.79 Å². The number of carbonyl (C=O) groups is 1. The van der Waals surface area contributed by atoms with Crippen molar-refractivity contribution in [1.29, 1.82) is 0 Å². The van der Waals surface area contributed by atoms with Crippen LogP contribution in [0.4, 0.5) is 0 Å². The van der Waals surface area contributed by atoms with E-state index in [1.807, 2.05) is 0 Å². The van der Waals surface area contributed by atoms with Gasteiger partial charge in [0.05, 0.1) is 0 Å². The molecule has 0 fully saturated rings. The summed E-state index contributed by atoms with van der Waals surface area (Å²) in [5.74, 6) is -1.07. The maximum absolute atomic E-state index is 11.0. The van der Waals surface area contributed by atoms with Crippen LogP contribution in [0, 0.1) is 0 Å². The lowest BCUT2D eigenvalue weighted by Crippen LogP contribution is -2.29. The van der Waals surface area contributed by atoms with Crippen LogP contribution >= 0.6 is 0 Å². The molecule has 1 aromatic rings. The summed E-state index contributed by atoms with van der Waals surface area (Å²) in [5.41, 5.74) is -0.410. The van der Waals surface area contributed by atoms with Crippen LogP contribution in [0.15, 0.2) is 23.1 Å². The number of hydrogen-bond acceptors (Lipinski definition) is 3. The smallest absolute Gasteiger partial charge is 0.328 e. The van der Waals surface area contributed by atoms with E-state index in [-0.39, 0.29) is 0 Å². The Bertz CT molecular complexity index is 345. The highest BCUT2D eigenvalue weighted by Crippen LogP contribution is 1.97. The minimum absolute atomic E-state index is 0.410. The van der Waals surface area contributed by atoms with E-state index in [4.69, 9.17) is 5.11 Å². The Hall–Kier alpha value is -1.65. The summed E-state index contributed by atoms with van der Waals surface area (Å²) >= 11 is 0. The molecule has 12 heavy (non-hydrogen) atoms. The normalized spacial score (nSPS) is 12.4. The number of carboxylic acid groups (broad SMARTS) is 1. The quantitative estimate of drug-likeness (QED) is 0.668. The van der Waals surface area contributed by atoms with Gasteiger partial charge in [-0.05, 0) is 13.0 Å². The van der Waals surface area contributed by atoms with Crippen LogP contribution in [0.3, 0.4) is 0 Å². The summed E-state index contributed by atoms with van der Waals surface area (Å²) in [6.07, 6.45) is 1.38. The maximum Gasteiger partial charge on any atom is 0.328 e. The van der Waals surface area contributed by atoms with Crippen LogP contribution in [0.1, 0.15) is 13.0 Å². The minimum atomic E-state index is -1.07. The van der Waals surface area contributed by atoms with Crippen molar-refractivity contribution in [2.75, 3.05) is 0 Å². The van der Waals surface area contributed by atoms with Crippen molar-refractivity contribution >= 4 is 5.97 Å². The molecule has 0 spiro atoms. The molecule has 5 heteroatoms. The third-order valence-corrected chi connectivity index (χ3v) is 1.47. The van der Waals surface area contributed by atoms with Gasteiger partial charge in [0.25, 0.3) is 5.56 Å². The summed E-state index contributed by atoms with van der Waals surface area (Å²) < 4.78 is 0.919. The molecule has 0 unspecified atom stereocenters. The van der Waals surface area contributed by atoms with Gasteiger partial charge in [0.15, 0.2) is 6.04 Å². The number of nitrogens with zero attached hydrogens (tertiary/aromatic N) is 2. The molecule has 0 saturated heterocycles. The Morgan fingerprint density at radius 3 is 2.92 bits per heavy atom. The van der Waals surface area contributed by atoms with Crippen LogP contribution in [0.5, 0.6) is 0 Å². The lowest BCUT2D eigenvalue weighted by molar-refractivity contribution is -0.140. The van der Waals surface area contributed by atoms with Crippen LogP contribution in [-0.2, 0) is 4.79 Å². The molecule has 5 nitrogen and oxygen atoms in total. The van der Waals surface area contributed by atoms with Crippen LogP contribution in [-0.4, -0.2) is 20.9 Å². The van der Waals surface area contributed by atoms with E-state index in [2.05, 4.69) is 5.10 Å². The summed E-state index contributed by atoms with van der Waals surface area (Å²) in [6.45, 7) is 1.40. The first-order valence-corrected chi connectivity index (χ1v) is 3.39. The largest absolute Gasteiger partial charge is 0.480 e. The van der Waals surface area contributed by atoms with Crippen molar-refractivity contribution < 1.29 is 9.90 Å². The van der Waals surface area contributed by atoms with E-state index in [1.165, 1.54) is 25.3 Å². The fourth-order valence-electron chi connectivity index (χ4n) is 0.764. The molecule has 1 N–H and O–H groups in total. The van der Waals surface area contributed by atoms with Crippen molar-refractivity contribution in [3.05, 3.63) is 28.7 Å². The Morgan fingerprint density at radius 2 is 2.42 bits per heavy atom. The van der Waals surface area contributed by atoms with Gasteiger partial charge in [0.1, 0.15) is 0 Å². The SMILES string of the molecule is C[C@@H](C(=O)O)n1ncccc1=O. The predicted octanol–water partition coefficient (Wildman–Crippen LogP) is -0.111. The highest BCUT2D eigenvalue weighted by molar-refractivity contribution is 5.71. The number of carboxylic acids is 1. The Balaban J connectivity index is 3.11. The van der Waals surface area contributed by atoms with Crippen LogP contribution in [0.2, 0.25) is 0 Å². The average Bonchev–Trinajstić information content (AvgIpc) is 2.04. The highest BCUT2D eigenvalue weighted by atomic mass is 16.4. The lowest BCUT2D eigenvalue weighted by Gasteiger charge is -2.06. The third kappa shape index (κ3) is 1.50. The molecule has 64 valence electrons. The van der Waals surface area contributed by atoms with Gasteiger partial charge in [-0.2, -0.15) is 5.10 Å². The third-order valence-electron chi connectivity index (χ3n) is 1.47. The molecule has 0 bridgehead atoms. The van der Waals surface area contributed by atoms with E-state index in [0.29, 0.717) is 0 Å². The standard InChI is InChI=1S/C7H8N2O3/c1-5(7(11)12)9-6(10)3-2-4-8-9/h2-5H,1H3,(H,11,12)/t5-/m0/s1. The highest BCUT2D eigenvalue weighted by Gasteiger charge is 2.14. The summed E-state index contributed by atoms with van der Waals surface area (Å²) in [4.78, 5) is 21.5. The van der Waals surface area contributed by atoms with Crippen molar-refractivity contribution in [2.24, 2.45) is 0 Å². The van der Waals surface area contributed by atoms with Crippen molar-refractivity contribution in [3.63, 3.8) is 0 Å². The fourth-order valence-corrected chi connectivity index (χ4v) is 0.764. The van der Waals surface area contributed by atoms with Crippen LogP contribution in [0.25, 0.3) is 0 Å². The molecule has 1 heterocycles. The van der Waals surface area contributed by atoms with E-state index in [9.17, 15) is 9.59 Å². The van der Waals surface area contributed by atoms with Crippen molar-refractivity contribution in [3.8, 4) is 0 Å². The van der Waals surface area contributed by atoms with Gasteiger partial charge >= 0.3 is 5.97 Å². The van der Waals surface area contributed by atoms with E-state index < -0.39 is 17.6 Å². The Kier molecular flexibility index (Phi) is 2.23. The second-order valence-corrected chi connectivity index (χ2v) is 2.32. The molecule has 0 amide bonds. The number of aromatic nitrogens is 2. The summed E-state index contributed by atoms with van der Waals surface area (Å²) in [7, 11) is 0. The van der Waals surface area contributed by atoms with E-state index >= 15 is 0 Å². The maximum atomic E-state index is 11.0. The zero-order valence-corrected chi connectivity index (χ0v) is 6.47. The molecule has 1 atom stereocenters. The first-order chi connectivity index (χ1) is 5.63.